The van der Waals surface area contributed by atoms with Crippen LogP contribution in [0.2, 0.25) is 0 Å². The van der Waals surface area contributed by atoms with Crippen molar-refractivity contribution in [3.63, 3.8) is 0 Å². The van der Waals surface area contributed by atoms with Crippen LogP contribution in [0.25, 0.3) is 0 Å². The second kappa shape index (κ2) is 12.0. The molecule has 0 saturated carbocycles. The minimum Gasteiger partial charge on any atom is -0.495 e. The van der Waals surface area contributed by atoms with E-state index < -0.39 is 6.10 Å². The zero-order chi connectivity index (χ0) is 24.6. The third kappa shape index (κ3) is 6.68. The Bertz CT molecular complexity index is 1060. The van der Waals surface area contributed by atoms with E-state index in [0.717, 1.165) is 65.8 Å². The SMILES string of the molecule is COc1ccccc1N1CCN(CC(O)COc2cc(C)c(OCc3ccccc3)c(C)c2)CC1. The van der Waals surface area contributed by atoms with Crippen LogP contribution in [-0.4, -0.2) is 62.6 Å². The Morgan fingerprint density at radius 1 is 0.857 bits per heavy atom. The highest BCUT2D eigenvalue weighted by Gasteiger charge is 2.21. The number of ether oxygens (including phenoxy) is 3. The summed E-state index contributed by atoms with van der Waals surface area (Å²) in [5, 5.41) is 10.6. The molecule has 0 aromatic heterocycles. The average molecular weight is 477 g/mol. The van der Waals surface area contributed by atoms with Gasteiger partial charge in [0, 0.05) is 32.7 Å². The minimum absolute atomic E-state index is 0.260. The van der Waals surface area contributed by atoms with E-state index in [1.54, 1.807) is 7.11 Å². The maximum absolute atomic E-state index is 10.6. The van der Waals surface area contributed by atoms with Gasteiger partial charge in [-0.05, 0) is 54.8 Å². The van der Waals surface area contributed by atoms with Gasteiger partial charge < -0.3 is 24.2 Å². The van der Waals surface area contributed by atoms with Gasteiger partial charge in [0.05, 0.1) is 12.8 Å². The lowest BCUT2D eigenvalue weighted by molar-refractivity contribution is 0.0662. The minimum atomic E-state index is -0.553. The summed E-state index contributed by atoms with van der Waals surface area (Å²) in [7, 11) is 1.71. The fraction of sp³-hybridized carbons (Fsp3) is 0.379. The van der Waals surface area contributed by atoms with Crippen molar-refractivity contribution in [2.45, 2.75) is 26.6 Å². The number of nitrogens with zero attached hydrogens (tertiary/aromatic N) is 2. The lowest BCUT2D eigenvalue weighted by Crippen LogP contribution is -2.49. The number of hydrogen-bond donors (Lipinski definition) is 1. The fourth-order valence-corrected chi connectivity index (χ4v) is 4.56. The molecule has 6 heteroatoms. The van der Waals surface area contributed by atoms with Crippen molar-refractivity contribution in [1.82, 2.24) is 4.90 Å². The summed E-state index contributed by atoms with van der Waals surface area (Å²) >= 11 is 0. The van der Waals surface area contributed by atoms with Crippen molar-refractivity contribution >= 4 is 5.69 Å². The molecule has 0 radical (unpaired) electrons. The third-order valence-corrected chi connectivity index (χ3v) is 6.37. The van der Waals surface area contributed by atoms with E-state index in [0.29, 0.717) is 13.2 Å². The number of anilines is 1. The Hall–Kier alpha value is -3.22. The summed E-state index contributed by atoms with van der Waals surface area (Å²) < 4.78 is 17.5. The number of β-amino-alcohol motifs (C(OH)–C–C–N with tert-alkyl or cyclic N) is 1. The van der Waals surface area contributed by atoms with E-state index >= 15 is 0 Å². The van der Waals surface area contributed by atoms with Gasteiger partial charge in [0.1, 0.15) is 36.6 Å². The van der Waals surface area contributed by atoms with Crippen molar-refractivity contribution in [3.8, 4) is 17.2 Å². The number of aliphatic hydroxyl groups is 1. The number of para-hydroxylation sites is 2. The largest absolute Gasteiger partial charge is 0.495 e. The molecule has 0 amide bonds. The number of aryl methyl sites for hydroxylation is 2. The molecule has 4 rings (SSSR count). The normalized spacial score (nSPS) is 15.0. The summed E-state index contributed by atoms with van der Waals surface area (Å²) in [6.07, 6.45) is -0.553. The summed E-state index contributed by atoms with van der Waals surface area (Å²) in [6.45, 7) is 9.02. The zero-order valence-electron chi connectivity index (χ0n) is 20.9. The topological polar surface area (TPSA) is 54.4 Å². The molecule has 0 bridgehead atoms. The molecule has 35 heavy (non-hydrogen) atoms. The number of rotatable bonds is 10. The summed E-state index contributed by atoms with van der Waals surface area (Å²) in [6, 6.07) is 22.2. The molecule has 1 heterocycles. The van der Waals surface area contributed by atoms with E-state index in [1.807, 2.05) is 62.4 Å². The van der Waals surface area contributed by atoms with Gasteiger partial charge in [-0.2, -0.15) is 0 Å². The highest BCUT2D eigenvalue weighted by molar-refractivity contribution is 5.58. The number of hydrogen-bond acceptors (Lipinski definition) is 6. The molecule has 3 aromatic carbocycles. The van der Waals surface area contributed by atoms with Gasteiger partial charge in [0.15, 0.2) is 0 Å². The third-order valence-electron chi connectivity index (χ3n) is 6.37. The second-order valence-electron chi connectivity index (χ2n) is 9.08. The van der Waals surface area contributed by atoms with Crippen LogP contribution in [0.5, 0.6) is 17.2 Å². The van der Waals surface area contributed by atoms with Crippen LogP contribution in [0.3, 0.4) is 0 Å². The van der Waals surface area contributed by atoms with Gasteiger partial charge in [-0.1, -0.05) is 42.5 Å². The Labute approximate surface area is 208 Å². The van der Waals surface area contributed by atoms with Gasteiger partial charge in [-0.15, -0.1) is 0 Å². The standard InChI is InChI=1S/C29H36N2O4/c1-22-17-26(18-23(2)29(22)35-20-24-9-5-4-6-10-24)34-21-25(32)19-30-13-15-31(16-14-30)27-11-7-8-12-28(27)33-3/h4-12,17-18,25,32H,13-16,19-21H2,1-3H3. The van der Waals surface area contributed by atoms with Crippen LogP contribution in [0.15, 0.2) is 66.7 Å². The monoisotopic (exact) mass is 476 g/mol. The first-order chi connectivity index (χ1) is 17.0. The van der Waals surface area contributed by atoms with Gasteiger partial charge in [-0.3, -0.25) is 4.90 Å². The predicted molar refractivity (Wildman–Crippen MR) is 140 cm³/mol. The predicted octanol–water partition coefficient (Wildman–Crippen LogP) is 4.45. The van der Waals surface area contributed by atoms with E-state index in [-0.39, 0.29) is 6.61 Å². The van der Waals surface area contributed by atoms with Gasteiger partial charge in [-0.25, -0.2) is 0 Å². The molecular formula is C29H36N2O4. The molecule has 3 aromatic rings. The van der Waals surface area contributed by atoms with Gasteiger partial charge >= 0.3 is 0 Å². The molecule has 1 atom stereocenters. The van der Waals surface area contributed by atoms with Crippen LogP contribution in [0.1, 0.15) is 16.7 Å². The van der Waals surface area contributed by atoms with E-state index in [4.69, 9.17) is 14.2 Å². The van der Waals surface area contributed by atoms with Gasteiger partial charge in [0.25, 0.3) is 0 Å². The van der Waals surface area contributed by atoms with Crippen LogP contribution in [-0.2, 0) is 6.61 Å². The molecule has 1 aliphatic heterocycles. The molecular weight excluding hydrogens is 440 g/mol. The van der Waals surface area contributed by atoms with Crippen LogP contribution < -0.4 is 19.1 Å². The fourth-order valence-electron chi connectivity index (χ4n) is 4.56. The first kappa shape index (κ1) is 24.9. The Morgan fingerprint density at radius 3 is 2.20 bits per heavy atom. The number of benzene rings is 3. The molecule has 1 N–H and O–H groups in total. The maximum atomic E-state index is 10.6. The highest BCUT2D eigenvalue weighted by Crippen LogP contribution is 2.30. The smallest absolute Gasteiger partial charge is 0.142 e. The van der Waals surface area contributed by atoms with Crippen molar-refractivity contribution < 1.29 is 19.3 Å². The second-order valence-corrected chi connectivity index (χ2v) is 9.08. The Kier molecular flexibility index (Phi) is 8.50. The van der Waals surface area contributed by atoms with Crippen molar-refractivity contribution in [1.29, 1.82) is 0 Å². The van der Waals surface area contributed by atoms with Crippen molar-refractivity contribution in [2.75, 3.05) is 51.3 Å². The molecule has 1 aliphatic rings. The summed E-state index contributed by atoms with van der Waals surface area (Å²) in [5.74, 6) is 2.54. The summed E-state index contributed by atoms with van der Waals surface area (Å²) in [4.78, 5) is 4.63. The lowest BCUT2D eigenvalue weighted by Gasteiger charge is -2.37. The quantitative estimate of drug-likeness (QED) is 0.467. The number of methoxy groups -OCH3 is 1. The van der Waals surface area contributed by atoms with Gasteiger partial charge in [0.2, 0.25) is 0 Å². The Morgan fingerprint density at radius 2 is 1.51 bits per heavy atom. The molecule has 0 aliphatic carbocycles. The molecule has 1 saturated heterocycles. The van der Waals surface area contributed by atoms with Crippen LogP contribution >= 0.6 is 0 Å². The Balaban J connectivity index is 1.24. The molecule has 1 fully saturated rings. The zero-order valence-corrected chi connectivity index (χ0v) is 20.9. The van der Waals surface area contributed by atoms with Crippen molar-refractivity contribution in [3.05, 3.63) is 83.4 Å². The number of aliphatic hydroxyl groups excluding tert-OH is 1. The van der Waals surface area contributed by atoms with E-state index in [9.17, 15) is 5.11 Å². The summed E-state index contributed by atoms with van der Waals surface area (Å²) in [5.41, 5.74) is 4.31. The lowest BCUT2D eigenvalue weighted by atomic mass is 10.1. The van der Waals surface area contributed by atoms with Crippen molar-refractivity contribution in [2.24, 2.45) is 0 Å². The van der Waals surface area contributed by atoms with E-state index in [2.05, 4.69) is 28.0 Å². The van der Waals surface area contributed by atoms with E-state index in [1.165, 1.54) is 0 Å². The van der Waals surface area contributed by atoms with Crippen LogP contribution in [0, 0.1) is 13.8 Å². The number of piperazine rings is 1. The first-order valence-corrected chi connectivity index (χ1v) is 12.2. The maximum Gasteiger partial charge on any atom is 0.142 e. The average Bonchev–Trinajstić information content (AvgIpc) is 2.88. The molecule has 6 nitrogen and oxygen atoms in total. The molecule has 186 valence electrons. The molecule has 0 spiro atoms. The molecule has 1 unspecified atom stereocenters. The highest BCUT2D eigenvalue weighted by atomic mass is 16.5. The van der Waals surface area contributed by atoms with Crippen LogP contribution in [0.4, 0.5) is 5.69 Å². The first-order valence-electron chi connectivity index (χ1n) is 12.2.